The number of nitrogens with zero attached hydrogens (tertiary/aromatic N) is 4. The fourth-order valence-electron chi connectivity index (χ4n) is 5.71. The van der Waals surface area contributed by atoms with Crippen LogP contribution in [0, 0.1) is 5.92 Å². The number of amides is 4. The van der Waals surface area contributed by atoms with Crippen LogP contribution in [0.4, 0.5) is 10.5 Å². The molecule has 4 amide bonds. The van der Waals surface area contributed by atoms with Gasteiger partial charge in [0.25, 0.3) is 5.91 Å². The molecular formula is C33H44N6O7. The van der Waals surface area contributed by atoms with Gasteiger partial charge in [0.1, 0.15) is 11.7 Å². The van der Waals surface area contributed by atoms with E-state index in [1.807, 2.05) is 41.3 Å². The summed E-state index contributed by atoms with van der Waals surface area (Å²) < 4.78 is 5.33. The van der Waals surface area contributed by atoms with Crippen molar-refractivity contribution in [3.63, 3.8) is 0 Å². The zero-order valence-electron chi connectivity index (χ0n) is 26.4. The molecule has 4 rings (SSSR count). The number of anilines is 1. The highest BCUT2D eigenvalue weighted by atomic mass is 16.6. The first kappa shape index (κ1) is 34.2. The minimum atomic E-state index is -1.11. The average molecular weight is 637 g/mol. The fraction of sp³-hybridized carbons (Fsp3) is 0.515. The normalized spacial score (nSPS) is 17.2. The first-order valence-electron chi connectivity index (χ1n) is 16.0. The quantitative estimate of drug-likeness (QED) is 0.279. The largest absolute Gasteiger partial charge is 0.481 e. The lowest BCUT2D eigenvalue weighted by Crippen LogP contribution is -2.56. The lowest BCUT2D eigenvalue weighted by Gasteiger charge is -2.36. The van der Waals surface area contributed by atoms with E-state index in [2.05, 4.69) is 17.2 Å². The van der Waals surface area contributed by atoms with Crippen LogP contribution in [0.3, 0.4) is 0 Å². The summed E-state index contributed by atoms with van der Waals surface area (Å²) in [5.74, 6) is -2.83. The predicted molar refractivity (Wildman–Crippen MR) is 171 cm³/mol. The Labute approximate surface area is 269 Å². The number of hydrogen-bond donors (Lipinski definition) is 3. The van der Waals surface area contributed by atoms with Crippen molar-refractivity contribution in [1.29, 1.82) is 0 Å². The van der Waals surface area contributed by atoms with E-state index in [1.165, 1.54) is 4.90 Å². The number of aromatic nitrogens is 1. The topological polar surface area (TPSA) is 175 Å². The highest BCUT2D eigenvalue weighted by Crippen LogP contribution is 2.28. The molecule has 2 aliphatic rings. The van der Waals surface area contributed by atoms with Gasteiger partial charge in [0, 0.05) is 56.9 Å². The van der Waals surface area contributed by atoms with Gasteiger partial charge in [0.15, 0.2) is 0 Å². The van der Waals surface area contributed by atoms with Gasteiger partial charge in [-0.15, -0.1) is 0 Å². The molecular weight excluding hydrogens is 592 g/mol. The summed E-state index contributed by atoms with van der Waals surface area (Å²) in [6, 6.07) is 11.7. The van der Waals surface area contributed by atoms with E-state index in [1.54, 1.807) is 11.0 Å². The Balaban J connectivity index is 1.50. The summed E-state index contributed by atoms with van der Waals surface area (Å²) in [7, 11) is 0. The number of aliphatic carboxylic acids is 1. The number of carbonyl (C=O) groups is 5. The van der Waals surface area contributed by atoms with Crippen LogP contribution in [0.2, 0.25) is 0 Å². The molecule has 0 bridgehead atoms. The number of ether oxygens (including phenoxy) is 1. The molecule has 1 aromatic carbocycles. The van der Waals surface area contributed by atoms with Gasteiger partial charge in [0.05, 0.1) is 18.2 Å². The Hall–Kier alpha value is -4.68. The number of unbranched alkanes of at least 4 members (excludes halogenated alkanes) is 2. The van der Waals surface area contributed by atoms with Crippen LogP contribution in [0.5, 0.6) is 0 Å². The Morgan fingerprint density at radius 2 is 1.74 bits per heavy atom. The lowest BCUT2D eigenvalue weighted by atomic mass is 9.96. The monoisotopic (exact) mass is 636 g/mol. The number of primary amides is 1. The number of piperidine rings is 1. The summed E-state index contributed by atoms with van der Waals surface area (Å²) in [5.41, 5.74) is 7.67. The van der Waals surface area contributed by atoms with Crippen molar-refractivity contribution < 1.29 is 33.8 Å². The Bertz CT molecular complexity index is 1380. The number of nitrogens with one attached hydrogen (secondary N) is 1. The first-order chi connectivity index (χ1) is 22.2. The maximum Gasteiger partial charge on any atom is 0.409 e. The van der Waals surface area contributed by atoms with Gasteiger partial charge in [-0.05, 0) is 37.8 Å². The molecule has 13 heteroatoms. The van der Waals surface area contributed by atoms with Crippen molar-refractivity contribution in [3.8, 4) is 11.3 Å². The minimum Gasteiger partial charge on any atom is -0.481 e. The van der Waals surface area contributed by atoms with E-state index in [4.69, 9.17) is 10.5 Å². The van der Waals surface area contributed by atoms with E-state index >= 15 is 0 Å². The summed E-state index contributed by atoms with van der Waals surface area (Å²) in [6.07, 6.45) is 3.37. The number of nitrogens with two attached hydrogens (primary N) is 1. The minimum absolute atomic E-state index is 0.0568. The molecule has 0 spiro atoms. The number of rotatable bonds is 13. The van der Waals surface area contributed by atoms with Gasteiger partial charge in [-0.25, -0.2) is 9.78 Å². The van der Waals surface area contributed by atoms with Crippen molar-refractivity contribution in [2.75, 3.05) is 50.8 Å². The molecule has 13 nitrogen and oxygen atoms in total. The molecule has 2 fully saturated rings. The molecule has 2 aromatic rings. The maximum atomic E-state index is 13.7. The highest BCUT2D eigenvalue weighted by molar-refractivity contribution is 5.97. The van der Waals surface area contributed by atoms with Gasteiger partial charge < -0.3 is 35.6 Å². The van der Waals surface area contributed by atoms with Crippen molar-refractivity contribution in [3.05, 3.63) is 48.2 Å². The number of benzene rings is 1. The zero-order chi connectivity index (χ0) is 33.1. The molecule has 248 valence electrons. The summed E-state index contributed by atoms with van der Waals surface area (Å²) in [6.45, 7) is 4.48. The second kappa shape index (κ2) is 16.6. The summed E-state index contributed by atoms with van der Waals surface area (Å²) in [4.78, 5) is 72.8. The third-order valence-corrected chi connectivity index (χ3v) is 8.37. The summed E-state index contributed by atoms with van der Waals surface area (Å²) >= 11 is 0. The Kier molecular flexibility index (Phi) is 12.3. The molecule has 0 aliphatic carbocycles. The van der Waals surface area contributed by atoms with Gasteiger partial charge in [-0.2, -0.15) is 0 Å². The smallest absolute Gasteiger partial charge is 0.409 e. The average Bonchev–Trinajstić information content (AvgIpc) is 3.08. The number of carbonyl (C=O) groups excluding carboxylic acids is 4. The Morgan fingerprint density at radius 3 is 2.41 bits per heavy atom. The van der Waals surface area contributed by atoms with E-state index in [0.717, 1.165) is 31.2 Å². The van der Waals surface area contributed by atoms with E-state index < -0.39 is 29.9 Å². The molecule has 2 atom stereocenters. The van der Waals surface area contributed by atoms with Crippen LogP contribution in [-0.4, -0.2) is 102 Å². The molecule has 46 heavy (non-hydrogen) atoms. The maximum absolute atomic E-state index is 13.7. The molecule has 3 heterocycles. The number of carboxylic acids is 1. The first-order valence-corrected chi connectivity index (χ1v) is 16.0. The number of carboxylic acid groups (broad SMARTS) is 1. The lowest BCUT2D eigenvalue weighted by molar-refractivity contribution is -0.138. The molecule has 0 saturated carbocycles. The van der Waals surface area contributed by atoms with E-state index in [9.17, 15) is 29.1 Å². The second-order valence-corrected chi connectivity index (χ2v) is 11.7. The molecule has 2 saturated heterocycles. The third-order valence-electron chi connectivity index (χ3n) is 8.37. The van der Waals surface area contributed by atoms with Crippen LogP contribution >= 0.6 is 0 Å². The van der Waals surface area contributed by atoms with Crippen LogP contribution in [0.25, 0.3) is 11.3 Å². The zero-order valence-corrected chi connectivity index (χ0v) is 26.4. The fourth-order valence-corrected chi connectivity index (χ4v) is 5.71. The van der Waals surface area contributed by atoms with Crippen molar-refractivity contribution in [1.82, 2.24) is 20.1 Å². The number of hydrogen-bond acceptors (Lipinski definition) is 8. The SMILES string of the molecule is CCCCCOC(=O)N1CCN(C(=O)[C@H](CCC(=O)O)NC(=O)c2cc(N3CCCC(C(N)=O)C3)cc(-c3ccccc3)n2)CC1. The van der Waals surface area contributed by atoms with Crippen molar-refractivity contribution >= 4 is 35.5 Å². The van der Waals surface area contributed by atoms with Crippen LogP contribution in [0.1, 0.15) is 62.4 Å². The predicted octanol–water partition coefficient (Wildman–Crippen LogP) is 2.88. The second-order valence-electron chi connectivity index (χ2n) is 11.7. The van der Waals surface area contributed by atoms with Gasteiger partial charge in [-0.3, -0.25) is 19.2 Å². The van der Waals surface area contributed by atoms with E-state index in [0.29, 0.717) is 37.5 Å². The molecule has 1 unspecified atom stereocenters. The van der Waals surface area contributed by atoms with Crippen molar-refractivity contribution in [2.24, 2.45) is 11.7 Å². The van der Waals surface area contributed by atoms with Gasteiger partial charge >= 0.3 is 12.1 Å². The number of pyridine rings is 1. The number of piperazine rings is 1. The highest BCUT2D eigenvalue weighted by Gasteiger charge is 2.32. The van der Waals surface area contributed by atoms with Gasteiger partial charge in [-0.1, -0.05) is 50.1 Å². The van der Waals surface area contributed by atoms with Crippen LogP contribution in [0.15, 0.2) is 42.5 Å². The molecule has 0 radical (unpaired) electrons. The third kappa shape index (κ3) is 9.41. The van der Waals surface area contributed by atoms with Crippen molar-refractivity contribution in [2.45, 2.75) is 57.9 Å². The summed E-state index contributed by atoms with van der Waals surface area (Å²) in [5, 5.41) is 12.1. The van der Waals surface area contributed by atoms with Crippen LogP contribution in [-0.2, 0) is 19.1 Å². The molecule has 4 N–H and O–H groups in total. The molecule has 1 aromatic heterocycles. The van der Waals surface area contributed by atoms with E-state index in [-0.39, 0.29) is 56.5 Å². The standard InChI is InChI=1S/C33H44N6O7/c1-2-3-7-19-46-33(45)38-17-15-37(16-18-38)32(44)26(12-13-29(40)41)36-31(43)28-21-25(39-14-8-11-24(22-39)30(34)42)20-27(35-28)23-9-5-4-6-10-23/h4-6,9-10,20-21,24,26H,2-3,7-8,11-19,22H2,1H3,(H2,34,42)(H,36,43)(H,40,41)/t24?,26-/m0/s1. The Morgan fingerprint density at radius 1 is 1.02 bits per heavy atom. The van der Waals surface area contributed by atoms with Crippen LogP contribution < -0.4 is 16.0 Å². The van der Waals surface area contributed by atoms with Gasteiger partial charge in [0.2, 0.25) is 11.8 Å². The molecule has 2 aliphatic heterocycles.